The number of amides is 1. The highest BCUT2D eigenvalue weighted by Gasteiger charge is 2.39. The Balaban J connectivity index is 1.48. The number of hydrogen-bond donors (Lipinski definition) is 1. The number of aryl methyl sites for hydroxylation is 3. The van der Waals surface area contributed by atoms with Crippen LogP contribution in [0.1, 0.15) is 48.8 Å². The number of nitrogens with one attached hydrogen (secondary N) is 1. The Morgan fingerprint density at radius 2 is 2.05 bits per heavy atom. The summed E-state index contributed by atoms with van der Waals surface area (Å²) in [5.74, 6) is 1.90. The SMILES string of the molecule is Cc1ccc(CCC(=O)NC2CC3CCC2C3)cc1C. The van der Waals surface area contributed by atoms with Crippen LogP contribution >= 0.6 is 0 Å². The Morgan fingerprint density at radius 1 is 1.20 bits per heavy atom. The van der Waals surface area contributed by atoms with Gasteiger partial charge in [0, 0.05) is 12.5 Å². The molecule has 2 nitrogen and oxygen atoms in total. The second kappa shape index (κ2) is 5.59. The lowest BCUT2D eigenvalue weighted by Crippen LogP contribution is -2.38. The lowest BCUT2D eigenvalue weighted by atomic mass is 9.95. The zero-order valence-corrected chi connectivity index (χ0v) is 12.6. The molecule has 1 amide bonds. The molecule has 3 rings (SSSR count). The number of fused-ring (bicyclic) bond motifs is 2. The molecule has 20 heavy (non-hydrogen) atoms. The molecule has 2 saturated carbocycles. The van der Waals surface area contributed by atoms with Gasteiger partial charge in [-0.15, -0.1) is 0 Å². The van der Waals surface area contributed by atoms with E-state index in [-0.39, 0.29) is 5.91 Å². The van der Waals surface area contributed by atoms with E-state index in [4.69, 9.17) is 0 Å². The van der Waals surface area contributed by atoms with E-state index in [1.165, 1.54) is 42.4 Å². The van der Waals surface area contributed by atoms with Crippen LogP contribution in [0.5, 0.6) is 0 Å². The molecule has 1 N–H and O–H groups in total. The highest BCUT2D eigenvalue weighted by Crippen LogP contribution is 2.44. The number of carbonyl (C=O) groups excluding carboxylic acids is 1. The molecule has 2 heteroatoms. The maximum atomic E-state index is 12.1. The summed E-state index contributed by atoms with van der Waals surface area (Å²) in [6.07, 6.45) is 6.76. The molecule has 0 heterocycles. The summed E-state index contributed by atoms with van der Waals surface area (Å²) >= 11 is 0. The van der Waals surface area contributed by atoms with Gasteiger partial charge in [0.15, 0.2) is 0 Å². The summed E-state index contributed by atoms with van der Waals surface area (Å²) in [6, 6.07) is 6.98. The molecule has 1 aromatic rings. The Morgan fingerprint density at radius 3 is 2.70 bits per heavy atom. The molecule has 1 aromatic carbocycles. The minimum Gasteiger partial charge on any atom is -0.353 e. The highest BCUT2D eigenvalue weighted by atomic mass is 16.1. The fourth-order valence-corrected chi connectivity index (χ4v) is 3.92. The molecule has 2 aliphatic rings. The fourth-order valence-electron chi connectivity index (χ4n) is 3.92. The van der Waals surface area contributed by atoms with Gasteiger partial charge < -0.3 is 5.32 Å². The van der Waals surface area contributed by atoms with E-state index in [2.05, 4.69) is 37.4 Å². The summed E-state index contributed by atoms with van der Waals surface area (Å²) in [6.45, 7) is 4.26. The molecular weight excluding hydrogens is 246 g/mol. The average molecular weight is 271 g/mol. The number of hydrogen-bond acceptors (Lipinski definition) is 1. The van der Waals surface area contributed by atoms with E-state index in [9.17, 15) is 4.79 Å². The van der Waals surface area contributed by atoms with E-state index in [0.717, 1.165) is 18.3 Å². The first-order valence-electron chi connectivity index (χ1n) is 7.97. The van der Waals surface area contributed by atoms with E-state index >= 15 is 0 Å². The monoisotopic (exact) mass is 271 g/mol. The first kappa shape index (κ1) is 13.7. The topological polar surface area (TPSA) is 29.1 Å². The van der Waals surface area contributed by atoms with Gasteiger partial charge in [0.2, 0.25) is 5.91 Å². The summed E-state index contributed by atoms with van der Waals surface area (Å²) < 4.78 is 0. The molecule has 108 valence electrons. The molecule has 2 bridgehead atoms. The van der Waals surface area contributed by atoms with Crippen molar-refractivity contribution in [2.75, 3.05) is 0 Å². The second-order valence-corrected chi connectivity index (χ2v) is 6.77. The largest absolute Gasteiger partial charge is 0.353 e. The van der Waals surface area contributed by atoms with Crippen molar-refractivity contribution in [3.05, 3.63) is 34.9 Å². The summed E-state index contributed by atoms with van der Waals surface area (Å²) in [7, 11) is 0. The second-order valence-electron chi connectivity index (χ2n) is 6.77. The van der Waals surface area contributed by atoms with Crippen LogP contribution in [0, 0.1) is 25.7 Å². The molecule has 0 radical (unpaired) electrons. The average Bonchev–Trinajstić information content (AvgIpc) is 3.02. The van der Waals surface area contributed by atoms with Crippen LogP contribution < -0.4 is 5.32 Å². The standard InChI is InChI=1S/C18H25NO/c1-12-3-4-14(9-13(12)2)6-8-18(20)19-17-11-15-5-7-16(17)10-15/h3-4,9,15-17H,5-8,10-11H2,1-2H3,(H,19,20). The molecule has 3 unspecified atom stereocenters. The van der Waals surface area contributed by atoms with Crippen molar-refractivity contribution >= 4 is 5.91 Å². The lowest BCUT2D eigenvalue weighted by Gasteiger charge is -2.22. The Labute approximate surface area is 122 Å². The predicted octanol–water partition coefficient (Wildman–Crippen LogP) is 3.54. The van der Waals surface area contributed by atoms with Gasteiger partial charge in [-0.05, 0) is 68.1 Å². The van der Waals surface area contributed by atoms with Gasteiger partial charge >= 0.3 is 0 Å². The zero-order valence-electron chi connectivity index (χ0n) is 12.6. The van der Waals surface area contributed by atoms with Crippen LogP contribution in [-0.4, -0.2) is 11.9 Å². The molecule has 0 saturated heterocycles. The van der Waals surface area contributed by atoms with Gasteiger partial charge in [0.1, 0.15) is 0 Å². The Hall–Kier alpha value is -1.31. The molecule has 2 fully saturated rings. The lowest BCUT2D eigenvalue weighted by molar-refractivity contribution is -0.122. The van der Waals surface area contributed by atoms with Crippen LogP contribution in [0.15, 0.2) is 18.2 Å². The van der Waals surface area contributed by atoms with E-state index in [1.54, 1.807) is 0 Å². The van der Waals surface area contributed by atoms with Crippen LogP contribution in [0.2, 0.25) is 0 Å². The quantitative estimate of drug-likeness (QED) is 0.891. The third kappa shape index (κ3) is 2.89. The van der Waals surface area contributed by atoms with Crippen LogP contribution in [0.3, 0.4) is 0 Å². The first-order valence-corrected chi connectivity index (χ1v) is 7.97. The zero-order chi connectivity index (χ0) is 14.1. The van der Waals surface area contributed by atoms with Crippen molar-refractivity contribution in [1.29, 1.82) is 0 Å². The molecule has 0 spiro atoms. The Bertz CT molecular complexity index is 508. The van der Waals surface area contributed by atoms with Gasteiger partial charge in [0.05, 0.1) is 0 Å². The summed E-state index contributed by atoms with van der Waals surface area (Å²) in [5.41, 5.74) is 3.91. The third-order valence-electron chi connectivity index (χ3n) is 5.30. The first-order chi connectivity index (χ1) is 9.61. The number of rotatable bonds is 4. The van der Waals surface area contributed by atoms with Crippen molar-refractivity contribution in [3.8, 4) is 0 Å². The van der Waals surface area contributed by atoms with Crippen LogP contribution in [-0.2, 0) is 11.2 Å². The summed E-state index contributed by atoms with van der Waals surface area (Å²) in [4.78, 5) is 12.1. The maximum Gasteiger partial charge on any atom is 0.220 e. The van der Waals surface area contributed by atoms with Crippen molar-refractivity contribution in [1.82, 2.24) is 5.32 Å². The van der Waals surface area contributed by atoms with Crippen molar-refractivity contribution in [2.24, 2.45) is 11.8 Å². The number of benzene rings is 1. The normalized spacial score (nSPS) is 27.8. The van der Waals surface area contributed by atoms with E-state index in [1.807, 2.05) is 0 Å². The Kier molecular flexibility index (Phi) is 3.82. The predicted molar refractivity (Wildman–Crippen MR) is 81.6 cm³/mol. The molecular formula is C18H25NO. The van der Waals surface area contributed by atoms with Crippen molar-refractivity contribution in [2.45, 2.75) is 58.4 Å². The molecule has 3 atom stereocenters. The van der Waals surface area contributed by atoms with Crippen LogP contribution in [0.4, 0.5) is 0 Å². The fraction of sp³-hybridized carbons (Fsp3) is 0.611. The molecule has 2 aliphatic carbocycles. The van der Waals surface area contributed by atoms with E-state index in [0.29, 0.717) is 12.5 Å². The van der Waals surface area contributed by atoms with Gasteiger partial charge in [-0.3, -0.25) is 4.79 Å². The molecule has 0 aromatic heterocycles. The smallest absolute Gasteiger partial charge is 0.220 e. The van der Waals surface area contributed by atoms with Crippen LogP contribution in [0.25, 0.3) is 0 Å². The maximum absolute atomic E-state index is 12.1. The minimum atomic E-state index is 0.237. The molecule has 0 aliphatic heterocycles. The van der Waals surface area contributed by atoms with Gasteiger partial charge in [-0.2, -0.15) is 0 Å². The van der Waals surface area contributed by atoms with Gasteiger partial charge in [0.25, 0.3) is 0 Å². The third-order valence-corrected chi connectivity index (χ3v) is 5.30. The van der Waals surface area contributed by atoms with Crippen molar-refractivity contribution < 1.29 is 4.79 Å². The van der Waals surface area contributed by atoms with Gasteiger partial charge in [-0.25, -0.2) is 0 Å². The highest BCUT2D eigenvalue weighted by molar-refractivity contribution is 5.76. The minimum absolute atomic E-state index is 0.237. The van der Waals surface area contributed by atoms with E-state index < -0.39 is 0 Å². The summed E-state index contributed by atoms with van der Waals surface area (Å²) in [5, 5.41) is 3.27. The number of carbonyl (C=O) groups is 1. The van der Waals surface area contributed by atoms with Crippen molar-refractivity contribution in [3.63, 3.8) is 0 Å². The van der Waals surface area contributed by atoms with Gasteiger partial charge in [-0.1, -0.05) is 24.6 Å².